The van der Waals surface area contributed by atoms with Crippen LogP contribution in [-0.4, -0.2) is 12.6 Å². The average Bonchev–Trinajstić information content (AvgIpc) is 2.28. The zero-order chi connectivity index (χ0) is 12.1. The van der Waals surface area contributed by atoms with E-state index >= 15 is 0 Å². The lowest BCUT2D eigenvalue weighted by Crippen LogP contribution is -2.08. The quantitative estimate of drug-likeness (QED) is 0.632. The van der Waals surface area contributed by atoms with Crippen LogP contribution >= 0.6 is 15.9 Å². The van der Waals surface area contributed by atoms with Crippen molar-refractivity contribution in [1.29, 1.82) is 5.26 Å². The highest BCUT2D eigenvalue weighted by Gasteiger charge is 2.14. The number of benzene rings is 1. The summed E-state index contributed by atoms with van der Waals surface area (Å²) in [6, 6.07) is 5.39. The molecule has 4 heteroatoms. The van der Waals surface area contributed by atoms with Crippen LogP contribution in [0, 0.1) is 18.3 Å². The summed E-state index contributed by atoms with van der Waals surface area (Å²) in [6.45, 7) is 3.94. The zero-order valence-electron chi connectivity index (χ0n) is 9.21. The van der Waals surface area contributed by atoms with E-state index in [0.29, 0.717) is 23.1 Å². The number of nitrogens with zero attached hydrogens (tertiary/aromatic N) is 1. The van der Waals surface area contributed by atoms with Crippen LogP contribution in [0.2, 0.25) is 0 Å². The molecule has 0 bridgehead atoms. The minimum atomic E-state index is -0.341. The molecule has 0 aromatic heterocycles. The molecule has 0 saturated heterocycles. The second-order valence-corrected chi connectivity index (χ2v) is 3.79. The Morgan fingerprint density at radius 2 is 2.25 bits per heavy atom. The molecule has 0 aliphatic rings. The second-order valence-electron chi connectivity index (χ2n) is 3.23. The van der Waals surface area contributed by atoms with Crippen LogP contribution in [0.5, 0.6) is 0 Å². The summed E-state index contributed by atoms with van der Waals surface area (Å²) >= 11 is 3.32. The molecule has 0 aliphatic heterocycles. The molecule has 0 fully saturated rings. The van der Waals surface area contributed by atoms with Gasteiger partial charge in [-0.1, -0.05) is 15.9 Å². The predicted molar refractivity (Wildman–Crippen MR) is 64.5 cm³/mol. The van der Waals surface area contributed by atoms with E-state index in [0.717, 1.165) is 11.1 Å². The molecule has 0 amide bonds. The number of esters is 1. The fourth-order valence-electron chi connectivity index (χ4n) is 1.46. The van der Waals surface area contributed by atoms with Gasteiger partial charge in [-0.05, 0) is 37.1 Å². The standard InChI is InChI=1S/C12H12BrNO2/c1-3-16-12(15)10-5-4-9(7-14)11(6-13)8(10)2/h4-5H,3,6H2,1-2H3. The molecule has 84 valence electrons. The lowest BCUT2D eigenvalue weighted by Gasteiger charge is -2.10. The fourth-order valence-corrected chi connectivity index (χ4v) is 2.19. The summed E-state index contributed by atoms with van der Waals surface area (Å²) in [7, 11) is 0. The van der Waals surface area contributed by atoms with Crippen LogP contribution in [0.4, 0.5) is 0 Å². The highest BCUT2D eigenvalue weighted by atomic mass is 79.9. The summed E-state index contributed by atoms with van der Waals surface area (Å²) < 4.78 is 4.94. The molecule has 1 aromatic carbocycles. The lowest BCUT2D eigenvalue weighted by molar-refractivity contribution is 0.0525. The first-order valence-electron chi connectivity index (χ1n) is 4.91. The molecule has 3 nitrogen and oxygen atoms in total. The molecule has 0 heterocycles. The van der Waals surface area contributed by atoms with Crippen molar-refractivity contribution < 1.29 is 9.53 Å². The normalized spacial score (nSPS) is 9.62. The lowest BCUT2D eigenvalue weighted by atomic mass is 9.99. The van der Waals surface area contributed by atoms with E-state index < -0.39 is 0 Å². The van der Waals surface area contributed by atoms with E-state index in [9.17, 15) is 4.79 Å². The van der Waals surface area contributed by atoms with Gasteiger partial charge in [-0.2, -0.15) is 5.26 Å². The van der Waals surface area contributed by atoms with Crippen LogP contribution < -0.4 is 0 Å². The largest absolute Gasteiger partial charge is 0.462 e. The van der Waals surface area contributed by atoms with Gasteiger partial charge >= 0.3 is 5.97 Å². The molecule has 1 rings (SSSR count). The van der Waals surface area contributed by atoms with E-state index in [1.54, 1.807) is 19.1 Å². The van der Waals surface area contributed by atoms with Crippen LogP contribution in [0.15, 0.2) is 12.1 Å². The summed E-state index contributed by atoms with van der Waals surface area (Å²) in [5.74, 6) is -0.341. The predicted octanol–water partition coefficient (Wildman–Crippen LogP) is 2.94. The van der Waals surface area contributed by atoms with Crippen LogP contribution in [0.1, 0.15) is 34.0 Å². The molecular formula is C12H12BrNO2. The number of carbonyl (C=O) groups excluding carboxylic acids is 1. The molecule has 0 aliphatic carbocycles. The van der Waals surface area contributed by atoms with Crippen molar-refractivity contribution in [3.05, 3.63) is 34.4 Å². The van der Waals surface area contributed by atoms with E-state index in [-0.39, 0.29) is 5.97 Å². The number of ether oxygens (including phenoxy) is 1. The summed E-state index contributed by atoms with van der Waals surface area (Å²) in [4.78, 5) is 11.6. The number of halogens is 1. The van der Waals surface area contributed by atoms with Gasteiger partial charge in [-0.3, -0.25) is 0 Å². The van der Waals surface area contributed by atoms with Crippen molar-refractivity contribution in [3.8, 4) is 6.07 Å². The molecule has 1 aromatic rings. The third-order valence-corrected chi connectivity index (χ3v) is 2.91. The number of alkyl halides is 1. The van der Waals surface area contributed by atoms with Crippen molar-refractivity contribution in [2.75, 3.05) is 6.61 Å². The number of carbonyl (C=O) groups is 1. The second kappa shape index (κ2) is 5.66. The van der Waals surface area contributed by atoms with Crippen LogP contribution in [-0.2, 0) is 10.1 Å². The number of rotatable bonds is 3. The SMILES string of the molecule is CCOC(=O)c1ccc(C#N)c(CBr)c1C. The van der Waals surface area contributed by atoms with Gasteiger partial charge in [0, 0.05) is 5.33 Å². The van der Waals surface area contributed by atoms with Crippen molar-refractivity contribution in [1.82, 2.24) is 0 Å². The van der Waals surface area contributed by atoms with E-state index in [2.05, 4.69) is 22.0 Å². The third kappa shape index (κ3) is 2.42. The van der Waals surface area contributed by atoms with E-state index in [1.165, 1.54) is 0 Å². The molecule has 0 radical (unpaired) electrons. The first kappa shape index (κ1) is 12.7. The van der Waals surface area contributed by atoms with Gasteiger partial charge < -0.3 is 4.74 Å². The van der Waals surface area contributed by atoms with Crippen LogP contribution in [0.25, 0.3) is 0 Å². The minimum Gasteiger partial charge on any atom is -0.462 e. The van der Waals surface area contributed by atoms with Crippen molar-refractivity contribution in [2.45, 2.75) is 19.2 Å². The Kier molecular flexibility index (Phi) is 4.51. The van der Waals surface area contributed by atoms with E-state index in [4.69, 9.17) is 10.00 Å². The Morgan fingerprint density at radius 3 is 2.75 bits per heavy atom. The molecule has 0 saturated carbocycles. The smallest absolute Gasteiger partial charge is 0.338 e. The summed E-state index contributed by atoms with van der Waals surface area (Å²) in [5.41, 5.74) is 2.75. The van der Waals surface area contributed by atoms with Gasteiger partial charge in [0.1, 0.15) is 0 Å². The van der Waals surface area contributed by atoms with Crippen molar-refractivity contribution in [3.63, 3.8) is 0 Å². The average molecular weight is 282 g/mol. The van der Waals surface area contributed by atoms with Crippen molar-refractivity contribution in [2.24, 2.45) is 0 Å². The number of hydrogen-bond donors (Lipinski definition) is 0. The van der Waals surface area contributed by atoms with E-state index in [1.807, 2.05) is 6.92 Å². The molecule has 0 unspecified atom stereocenters. The highest BCUT2D eigenvalue weighted by Crippen LogP contribution is 2.21. The van der Waals surface area contributed by atoms with Crippen LogP contribution in [0.3, 0.4) is 0 Å². The van der Waals surface area contributed by atoms with Gasteiger partial charge in [0.15, 0.2) is 0 Å². The number of nitriles is 1. The summed E-state index contributed by atoms with van der Waals surface area (Å²) in [6.07, 6.45) is 0. The third-order valence-electron chi connectivity index (χ3n) is 2.35. The van der Waals surface area contributed by atoms with Crippen molar-refractivity contribution >= 4 is 21.9 Å². The highest BCUT2D eigenvalue weighted by molar-refractivity contribution is 9.08. The Balaban J connectivity index is 3.25. The summed E-state index contributed by atoms with van der Waals surface area (Å²) in [5, 5.41) is 9.47. The first-order valence-corrected chi connectivity index (χ1v) is 6.03. The Labute approximate surface area is 103 Å². The van der Waals surface area contributed by atoms with Gasteiger partial charge in [0.05, 0.1) is 23.8 Å². The Hall–Kier alpha value is -1.34. The maximum Gasteiger partial charge on any atom is 0.338 e. The molecular weight excluding hydrogens is 270 g/mol. The maximum atomic E-state index is 11.6. The van der Waals surface area contributed by atoms with Gasteiger partial charge in [-0.15, -0.1) is 0 Å². The molecule has 16 heavy (non-hydrogen) atoms. The maximum absolute atomic E-state index is 11.6. The topological polar surface area (TPSA) is 50.1 Å². The first-order chi connectivity index (χ1) is 7.65. The van der Waals surface area contributed by atoms with Gasteiger partial charge in [-0.25, -0.2) is 4.79 Å². The molecule has 0 spiro atoms. The van der Waals surface area contributed by atoms with Gasteiger partial charge in [0.2, 0.25) is 0 Å². The Morgan fingerprint density at radius 1 is 1.56 bits per heavy atom. The minimum absolute atomic E-state index is 0.341. The molecule has 0 atom stereocenters. The monoisotopic (exact) mass is 281 g/mol. The zero-order valence-corrected chi connectivity index (χ0v) is 10.8. The number of hydrogen-bond acceptors (Lipinski definition) is 3. The molecule has 0 N–H and O–H groups in total. The van der Waals surface area contributed by atoms with Gasteiger partial charge in [0.25, 0.3) is 0 Å². The Bertz CT molecular complexity index is 449. The fraction of sp³-hybridized carbons (Fsp3) is 0.333.